The first-order valence-corrected chi connectivity index (χ1v) is 5.67. The number of benzene rings is 1. The normalized spacial score (nSPS) is 10.3. The molecule has 1 aromatic rings. The standard InChI is InChI=1S/C13H18N2O2/c1-9(2)10-3-5-11(6-4-10)15-13(17)8-7-12(14)16/h3-6,9H,7-8H2,1-2H3,(H2,14,16)(H,15,17). The monoisotopic (exact) mass is 234 g/mol. The number of primary amides is 1. The van der Waals surface area contributed by atoms with Crippen LogP contribution in [0.25, 0.3) is 0 Å². The van der Waals surface area contributed by atoms with Crippen LogP contribution in [0.5, 0.6) is 0 Å². The Morgan fingerprint density at radius 1 is 1.18 bits per heavy atom. The first-order chi connectivity index (χ1) is 7.99. The van der Waals surface area contributed by atoms with Gasteiger partial charge in [0.1, 0.15) is 0 Å². The fourth-order valence-electron chi connectivity index (χ4n) is 1.41. The Balaban J connectivity index is 2.51. The fourth-order valence-corrected chi connectivity index (χ4v) is 1.41. The van der Waals surface area contributed by atoms with Crippen molar-refractivity contribution < 1.29 is 9.59 Å². The Morgan fingerprint density at radius 3 is 2.24 bits per heavy atom. The summed E-state index contributed by atoms with van der Waals surface area (Å²) in [4.78, 5) is 21.9. The Kier molecular flexibility index (Phi) is 4.69. The lowest BCUT2D eigenvalue weighted by atomic mass is 10.0. The largest absolute Gasteiger partial charge is 0.370 e. The van der Waals surface area contributed by atoms with E-state index in [9.17, 15) is 9.59 Å². The van der Waals surface area contributed by atoms with Gasteiger partial charge in [0.2, 0.25) is 11.8 Å². The molecule has 1 aromatic carbocycles. The molecule has 0 aromatic heterocycles. The highest BCUT2D eigenvalue weighted by molar-refractivity contribution is 5.92. The molecule has 0 saturated heterocycles. The molecule has 0 radical (unpaired) electrons. The molecule has 0 heterocycles. The topological polar surface area (TPSA) is 72.2 Å². The van der Waals surface area contributed by atoms with Crippen LogP contribution in [0, 0.1) is 0 Å². The summed E-state index contributed by atoms with van der Waals surface area (Å²) < 4.78 is 0. The lowest BCUT2D eigenvalue weighted by Gasteiger charge is -2.08. The van der Waals surface area contributed by atoms with Crippen molar-refractivity contribution in [1.29, 1.82) is 0 Å². The zero-order chi connectivity index (χ0) is 12.8. The Morgan fingerprint density at radius 2 is 1.76 bits per heavy atom. The van der Waals surface area contributed by atoms with Crippen LogP contribution in [0.4, 0.5) is 5.69 Å². The summed E-state index contributed by atoms with van der Waals surface area (Å²) in [6.07, 6.45) is 0.206. The predicted molar refractivity (Wildman–Crippen MR) is 67.6 cm³/mol. The highest BCUT2D eigenvalue weighted by Gasteiger charge is 2.05. The number of hydrogen-bond donors (Lipinski definition) is 2. The van der Waals surface area contributed by atoms with E-state index in [1.54, 1.807) is 0 Å². The van der Waals surface area contributed by atoms with Crippen LogP contribution >= 0.6 is 0 Å². The zero-order valence-electron chi connectivity index (χ0n) is 10.2. The average molecular weight is 234 g/mol. The summed E-state index contributed by atoms with van der Waals surface area (Å²) in [6, 6.07) is 7.68. The van der Waals surface area contributed by atoms with Gasteiger partial charge in [-0.1, -0.05) is 26.0 Å². The summed E-state index contributed by atoms with van der Waals surface area (Å²) in [6.45, 7) is 4.22. The van der Waals surface area contributed by atoms with Crippen LogP contribution in [0.1, 0.15) is 38.2 Å². The summed E-state index contributed by atoms with van der Waals surface area (Å²) in [5.74, 6) is -0.189. The molecule has 92 valence electrons. The van der Waals surface area contributed by atoms with E-state index in [1.807, 2.05) is 24.3 Å². The molecule has 4 nitrogen and oxygen atoms in total. The van der Waals surface area contributed by atoms with Crippen LogP contribution in [0.15, 0.2) is 24.3 Å². The number of nitrogens with one attached hydrogen (secondary N) is 1. The average Bonchev–Trinajstić information content (AvgIpc) is 2.27. The minimum Gasteiger partial charge on any atom is -0.370 e. The molecule has 2 amide bonds. The van der Waals surface area contributed by atoms with Crippen LogP contribution in [0.3, 0.4) is 0 Å². The van der Waals surface area contributed by atoms with Crippen molar-refractivity contribution in [3.63, 3.8) is 0 Å². The predicted octanol–water partition coefficient (Wildman–Crippen LogP) is 2.01. The van der Waals surface area contributed by atoms with E-state index >= 15 is 0 Å². The minimum atomic E-state index is -0.463. The number of amides is 2. The molecule has 0 unspecified atom stereocenters. The molecule has 0 aliphatic carbocycles. The van der Waals surface area contributed by atoms with Gasteiger partial charge in [-0.3, -0.25) is 9.59 Å². The summed E-state index contributed by atoms with van der Waals surface area (Å²) in [7, 11) is 0. The highest BCUT2D eigenvalue weighted by atomic mass is 16.2. The van der Waals surface area contributed by atoms with Crippen molar-refractivity contribution in [2.45, 2.75) is 32.6 Å². The quantitative estimate of drug-likeness (QED) is 0.818. The van der Waals surface area contributed by atoms with Gasteiger partial charge in [-0.25, -0.2) is 0 Å². The van der Waals surface area contributed by atoms with Crippen LogP contribution in [0.2, 0.25) is 0 Å². The van der Waals surface area contributed by atoms with E-state index in [0.29, 0.717) is 5.92 Å². The van der Waals surface area contributed by atoms with E-state index in [1.165, 1.54) is 5.56 Å². The van der Waals surface area contributed by atoms with Crippen LogP contribution < -0.4 is 11.1 Å². The lowest BCUT2D eigenvalue weighted by Crippen LogP contribution is -2.17. The van der Waals surface area contributed by atoms with Crippen molar-refractivity contribution >= 4 is 17.5 Å². The molecular weight excluding hydrogens is 216 g/mol. The summed E-state index contributed by atoms with van der Waals surface area (Å²) in [5, 5.41) is 2.72. The Labute approximate surface area is 101 Å². The molecule has 0 fully saturated rings. The van der Waals surface area contributed by atoms with Crippen LogP contribution in [-0.4, -0.2) is 11.8 Å². The van der Waals surface area contributed by atoms with Crippen molar-refractivity contribution in [3.05, 3.63) is 29.8 Å². The highest BCUT2D eigenvalue weighted by Crippen LogP contribution is 2.17. The van der Waals surface area contributed by atoms with E-state index in [-0.39, 0.29) is 18.7 Å². The smallest absolute Gasteiger partial charge is 0.224 e. The maximum absolute atomic E-state index is 11.4. The molecule has 3 N–H and O–H groups in total. The first kappa shape index (κ1) is 13.2. The Bertz CT molecular complexity index is 396. The van der Waals surface area contributed by atoms with Gasteiger partial charge >= 0.3 is 0 Å². The molecule has 0 aliphatic rings. The minimum absolute atomic E-state index is 0.0793. The summed E-state index contributed by atoms with van der Waals surface area (Å²) >= 11 is 0. The molecule has 0 spiro atoms. The third-order valence-corrected chi connectivity index (χ3v) is 2.46. The maximum atomic E-state index is 11.4. The van der Waals surface area contributed by atoms with Gasteiger partial charge in [-0.2, -0.15) is 0 Å². The van der Waals surface area contributed by atoms with Crippen molar-refractivity contribution in [2.24, 2.45) is 5.73 Å². The van der Waals surface area contributed by atoms with Gasteiger partial charge in [0, 0.05) is 18.5 Å². The SMILES string of the molecule is CC(C)c1ccc(NC(=O)CCC(N)=O)cc1. The van der Waals surface area contributed by atoms with Gasteiger partial charge in [-0.15, -0.1) is 0 Å². The third kappa shape index (κ3) is 4.68. The number of rotatable bonds is 5. The molecule has 1 rings (SSSR count). The zero-order valence-corrected chi connectivity index (χ0v) is 10.2. The summed E-state index contributed by atoms with van der Waals surface area (Å²) in [5.41, 5.74) is 6.93. The van der Waals surface area contributed by atoms with Gasteiger partial charge in [0.05, 0.1) is 0 Å². The van der Waals surface area contributed by atoms with Gasteiger partial charge in [0.25, 0.3) is 0 Å². The number of anilines is 1. The van der Waals surface area contributed by atoms with Gasteiger partial charge in [0.15, 0.2) is 0 Å². The third-order valence-electron chi connectivity index (χ3n) is 2.46. The first-order valence-electron chi connectivity index (χ1n) is 5.67. The second kappa shape index (κ2) is 6.03. The molecule has 0 aliphatic heterocycles. The fraction of sp³-hybridized carbons (Fsp3) is 0.385. The molecule has 0 atom stereocenters. The second-order valence-electron chi connectivity index (χ2n) is 4.29. The van der Waals surface area contributed by atoms with Gasteiger partial charge in [-0.05, 0) is 23.6 Å². The molecular formula is C13H18N2O2. The second-order valence-corrected chi connectivity index (χ2v) is 4.29. The molecule has 0 saturated carbocycles. The van der Waals surface area contributed by atoms with Crippen LogP contribution in [-0.2, 0) is 9.59 Å². The van der Waals surface area contributed by atoms with Gasteiger partial charge < -0.3 is 11.1 Å². The number of nitrogens with two attached hydrogens (primary N) is 1. The van der Waals surface area contributed by atoms with Crippen molar-refractivity contribution in [1.82, 2.24) is 0 Å². The van der Waals surface area contributed by atoms with Crippen molar-refractivity contribution in [2.75, 3.05) is 5.32 Å². The Hall–Kier alpha value is -1.84. The van der Waals surface area contributed by atoms with Crippen molar-refractivity contribution in [3.8, 4) is 0 Å². The van der Waals surface area contributed by atoms with E-state index < -0.39 is 5.91 Å². The molecule has 0 bridgehead atoms. The maximum Gasteiger partial charge on any atom is 0.224 e. The molecule has 4 heteroatoms. The van der Waals surface area contributed by atoms with E-state index in [2.05, 4.69) is 19.2 Å². The number of hydrogen-bond acceptors (Lipinski definition) is 2. The van der Waals surface area contributed by atoms with E-state index in [4.69, 9.17) is 5.73 Å². The molecule has 17 heavy (non-hydrogen) atoms. The number of carbonyl (C=O) groups excluding carboxylic acids is 2. The van der Waals surface area contributed by atoms with E-state index in [0.717, 1.165) is 5.69 Å². The number of carbonyl (C=O) groups is 2. The lowest BCUT2D eigenvalue weighted by molar-refractivity contribution is -0.122.